The molecule has 1 saturated carbocycles. The van der Waals surface area contributed by atoms with Crippen molar-refractivity contribution < 1.29 is 24.2 Å². The van der Waals surface area contributed by atoms with E-state index in [0.717, 1.165) is 64.4 Å². The van der Waals surface area contributed by atoms with Crippen molar-refractivity contribution in [3.63, 3.8) is 0 Å². The van der Waals surface area contributed by atoms with Gasteiger partial charge in [0.2, 0.25) is 11.8 Å². The van der Waals surface area contributed by atoms with E-state index in [1.54, 1.807) is 6.33 Å². The molecule has 3 aliphatic rings. The van der Waals surface area contributed by atoms with E-state index in [2.05, 4.69) is 20.4 Å². The zero-order chi connectivity index (χ0) is 24.6. The van der Waals surface area contributed by atoms with Gasteiger partial charge in [-0.2, -0.15) is 0 Å². The molecule has 1 aliphatic carbocycles. The molecule has 1 aromatic rings. The Hall–Kier alpha value is -2.53. The molecule has 2 amide bonds. The van der Waals surface area contributed by atoms with Gasteiger partial charge in [0.15, 0.2) is 0 Å². The first-order valence-electron chi connectivity index (χ1n) is 12.2. The largest absolute Gasteiger partial charge is 0.483 e. The highest BCUT2D eigenvalue weighted by Crippen LogP contribution is 2.48. The number of aryl methyl sites for hydroxylation is 1. The first-order valence-corrected chi connectivity index (χ1v) is 12.2. The third-order valence-electron chi connectivity index (χ3n) is 7.59. The molecule has 3 fully saturated rings. The lowest BCUT2D eigenvalue weighted by atomic mass is 9.60. The quantitative estimate of drug-likeness (QED) is 0.559. The highest BCUT2D eigenvalue weighted by Gasteiger charge is 2.53. The van der Waals surface area contributed by atoms with E-state index < -0.39 is 5.41 Å². The maximum atomic E-state index is 13.6. The lowest BCUT2D eigenvalue weighted by Crippen LogP contribution is -2.61. The SMILES string of the molecule is CCC(=O)N1CC[C@@H]2C[C@@H](N3CCOCC3)CC[C@@]2(C(=O)NCCc2nncn2C)C1.O=CO. The zero-order valence-corrected chi connectivity index (χ0v) is 20.3. The monoisotopic (exact) mass is 478 g/mol. The summed E-state index contributed by atoms with van der Waals surface area (Å²) < 4.78 is 7.41. The second kappa shape index (κ2) is 12.3. The minimum atomic E-state index is -0.480. The smallest absolute Gasteiger partial charge is 0.290 e. The van der Waals surface area contributed by atoms with Gasteiger partial charge in [-0.3, -0.25) is 19.3 Å². The van der Waals surface area contributed by atoms with Crippen LogP contribution in [0.25, 0.3) is 0 Å². The van der Waals surface area contributed by atoms with Gasteiger partial charge in [-0.1, -0.05) is 6.92 Å². The van der Waals surface area contributed by atoms with Gasteiger partial charge >= 0.3 is 0 Å². The van der Waals surface area contributed by atoms with E-state index in [1.165, 1.54) is 0 Å². The van der Waals surface area contributed by atoms with Crippen LogP contribution in [0.2, 0.25) is 0 Å². The van der Waals surface area contributed by atoms with E-state index in [1.807, 2.05) is 23.4 Å². The maximum absolute atomic E-state index is 13.6. The van der Waals surface area contributed by atoms with Gasteiger partial charge in [0.1, 0.15) is 12.2 Å². The third-order valence-corrected chi connectivity index (χ3v) is 7.59. The molecule has 0 radical (unpaired) electrons. The number of ether oxygens (including phenoxy) is 1. The summed E-state index contributed by atoms with van der Waals surface area (Å²) in [6.45, 7) is 7.06. The Kier molecular flexibility index (Phi) is 9.40. The molecule has 0 bridgehead atoms. The molecule has 4 rings (SSSR count). The normalized spacial score (nSPS) is 27.2. The van der Waals surface area contributed by atoms with E-state index in [4.69, 9.17) is 14.6 Å². The Morgan fingerprint density at radius 3 is 2.68 bits per heavy atom. The number of carboxylic acid groups (broad SMARTS) is 1. The number of aromatic nitrogens is 3. The van der Waals surface area contributed by atoms with Gasteiger partial charge in [0.05, 0.1) is 18.6 Å². The third kappa shape index (κ3) is 5.93. The van der Waals surface area contributed by atoms with Crippen molar-refractivity contribution in [3.05, 3.63) is 12.2 Å². The number of fused-ring (bicyclic) bond motifs is 1. The molecule has 0 unspecified atom stereocenters. The number of hydrogen-bond acceptors (Lipinski definition) is 7. The molecule has 1 aromatic heterocycles. The number of morpholine rings is 1. The fourth-order valence-corrected chi connectivity index (χ4v) is 5.71. The second-order valence-electron chi connectivity index (χ2n) is 9.36. The summed E-state index contributed by atoms with van der Waals surface area (Å²) in [7, 11) is 1.91. The summed E-state index contributed by atoms with van der Waals surface area (Å²) in [6, 6.07) is 0.516. The summed E-state index contributed by atoms with van der Waals surface area (Å²) in [5.41, 5.74) is -0.480. The number of piperidine rings is 1. The molecule has 2 aliphatic heterocycles. The van der Waals surface area contributed by atoms with E-state index in [0.29, 0.717) is 37.9 Å². The zero-order valence-electron chi connectivity index (χ0n) is 20.3. The van der Waals surface area contributed by atoms with Crippen molar-refractivity contribution in [1.82, 2.24) is 29.9 Å². The molecule has 34 heavy (non-hydrogen) atoms. The first-order chi connectivity index (χ1) is 16.4. The molecule has 2 saturated heterocycles. The fourth-order valence-electron chi connectivity index (χ4n) is 5.71. The maximum Gasteiger partial charge on any atom is 0.290 e. The Morgan fingerprint density at radius 2 is 2.03 bits per heavy atom. The molecule has 3 heterocycles. The number of carbonyl (C=O) groups excluding carboxylic acids is 2. The van der Waals surface area contributed by atoms with Crippen molar-refractivity contribution >= 4 is 18.3 Å². The van der Waals surface area contributed by atoms with Gasteiger partial charge in [-0.25, -0.2) is 0 Å². The lowest BCUT2D eigenvalue weighted by Gasteiger charge is -2.53. The fraction of sp³-hybridized carbons (Fsp3) is 0.783. The predicted octanol–water partition coefficient (Wildman–Crippen LogP) is 0.304. The number of likely N-dealkylation sites (tertiary alicyclic amines) is 1. The standard InChI is InChI=1S/C22H36N6O3.CH2O2/c1-3-20(29)28-9-6-17-14-18(27-10-12-31-13-11-27)4-7-22(17,15-28)21(30)23-8-5-19-25-24-16-26(19)2;2-1-3/h16-18H,3-15H2,1-2H3,(H,23,30);1H,(H,2,3)/t17-,18+,22-;/m1./s1. The van der Waals surface area contributed by atoms with E-state index in [9.17, 15) is 9.59 Å². The van der Waals surface area contributed by atoms with Crippen LogP contribution < -0.4 is 5.32 Å². The van der Waals surface area contributed by atoms with Crippen LogP contribution in [0.15, 0.2) is 6.33 Å². The van der Waals surface area contributed by atoms with Gasteiger partial charge < -0.3 is 24.6 Å². The number of nitrogens with zero attached hydrogens (tertiary/aromatic N) is 5. The number of rotatable bonds is 6. The van der Waals surface area contributed by atoms with Crippen molar-refractivity contribution in [2.75, 3.05) is 45.9 Å². The van der Waals surface area contributed by atoms with E-state index >= 15 is 0 Å². The van der Waals surface area contributed by atoms with Crippen LogP contribution in [-0.4, -0.2) is 99.9 Å². The molecule has 11 heteroatoms. The summed E-state index contributed by atoms with van der Waals surface area (Å²) in [5, 5.41) is 18.1. The van der Waals surface area contributed by atoms with Crippen molar-refractivity contribution in [3.8, 4) is 0 Å². The Morgan fingerprint density at radius 1 is 1.29 bits per heavy atom. The highest BCUT2D eigenvalue weighted by atomic mass is 16.5. The van der Waals surface area contributed by atoms with Crippen molar-refractivity contribution in [1.29, 1.82) is 0 Å². The van der Waals surface area contributed by atoms with Crippen LogP contribution in [0.1, 0.15) is 44.9 Å². The number of amides is 2. The second-order valence-corrected chi connectivity index (χ2v) is 9.36. The predicted molar refractivity (Wildman–Crippen MR) is 124 cm³/mol. The molecule has 3 atom stereocenters. The Bertz CT molecular complexity index is 827. The summed E-state index contributed by atoms with van der Waals surface area (Å²) in [4.78, 5) is 38.9. The number of nitrogens with one attached hydrogen (secondary N) is 1. The van der Waals surface area contributed by atoms with Gasteiger partial charge in [0.25, 0.3) is 6.47 Å². The highest BCUT2D eigenvalue weighted by molar-refractivity contribution is 5.85. The molecule has 2 N–H and O–H groups in total. The van der Waals surface area contributed by atoms with Crippen LogP contribution in [0, 0.1) is 11.3 Å². The minimum Gasteiger partial charge on any atom is -0.483 e. The summed E-state index contributed by atoms with van der Waals surface area (Å²) in [5.74, 6) is 1.43. The van der Waals surface area contributed by atoms with E-state index in [-0.39, 0.29) is 18.3 Å². The molecule has 0 aromatic carbocycles. The van der Waals surface area contributed by atoms with Crippen LogP contribution in [-0.2, 0) is 32.6 Å². The number of carbonyl (C=O) groups is 3. The molecule has 11 nitrogen and oxygen atoms in total. The van der Waals surface area contributed by atoms with Crippen LogP contribution in [0.4, 0.5) is 0 Å². The number of hydrogen-bond donors (Lipinski definition) is 2. The first kappa shape index (κ1) is 26.1. The minimum absolute atomic E-state index is 0.105. The van der Waals surface area contributed by atoms with Crippen LogP contribution in [0.3, 0.4) is 0 Å². The van der Waals surface area contributed by atoms with Crippen LogP contribution in [0.5, 0.6) is 0 Å². The van der Waals surface area contributed by atoms with Crippen LogP contribution >= 0.6 is 0 Å². The average molecular weight is 479 g/mol. The Balaban J connectivity index is 0.00000103. The van der Waals surface area contributed by atoms with Crippen molar-refractivity contribution in [2.45, 2.75) is 51.5 Å². The molecule has 190 valence electrons. The van der Waals surface area contributed by atoms with Gasteiger partial charge in [-0.15, -0.1) is 10.2 Å². The van der Waals surface area contributed by atoms with Gasteiger partial charge in [-0.05, 0) is 31.6 Å². The molecular formula is C23H38N6O5. The molecular weight excluding hydrogens is 440 g/mol. The van der Waals surface area contributed by atoms with Crippen molar-refractivity contribution in [2.24, 2.45) is 18.4 Å². The average Bonchev–Trinajstić information content (AvgIpc) is 3.28. The Labute approximate surface area is 200 Å². The topological polar surface area (TPSA) is 130 Å². The van der Waals surface area contributed by atoms with Gasteiger partial charge in [0, 0.05) is 58.7 Å². The summed E-state index contributed by atoms with van der Waals surface area (Å²) in [6.07, 6.45) is 6.59. The molecule has 0 spiro atoms. The lowest BCUT2D eigenvalue weighted by molar-refractivity contribution is -0.151. The summed E-state index contributed by atoms with van der Waals surface area (Å²) >= 11 is 0.